The van der Waals surface area contributed by atoms with E-state index < -0.39 is 23.7 Å². The molecular formula is C28H25NO7. The highest BCUT2D eigenvalue weighted by Crippen LogP contribution is 2.42. The van der Waals surface area contributed by atoms with Gasteiger partial charge in [0, 0.05) is 11.3 Å². The van der Waals surface area contributed by atoms with Crippen molar-refractivity contribution < 1.29 is 33.7 Å². The van der Waals surface area contributed by atoms with Crippen LogP contribution in [0.1, 0.15) is 34.5 Å². The van der Waals surface area contributed by atoms with Gasteiger partial charge in [0.15, 0.2) is 0 Å². The summed E-state index contributed by atoms with van der Waals surface area (Å²) >= 11 is 0. The molecule has 1 N–H and O–H groups in total. The van der Waals surface area contributed by atoms with Gasteiger partial charge in [-0.15, -0.1) is 0 Å². The molecule has 1 saturated heterocycles. The van der Waals surface area contributed by atoms with Gasteiger partial charge in [0.05, 0.1) is 38.0 Å². The van der Waals surface area contributed by atoms with Crippen LogP contribution in [0.3, 0.4) is 0 Å². The van der Waals surface area contributed by atoms with Crippen LogP contribution in [0, 0.1) is 0 Å². The number of nitrogens with zero attached hydrogens (tertiary/aromatic N) is 1. The maximum absolute atomic E-state index is 13.3. The van der Waals surface area contributed by atoms with E-state index in [9.17, 15) is 19.5 Å². The number of ketones is 1. The van der Waals surface area contributed by atoms with Crippen LogP contribution in [-0.4, -0.2) is 43.6 Å². The minimum absolute atomic E-state index is 0.0715. The molecule has 8 nitrogen and oxygen atoms in total. The van der Waals surface area contributed by atoms with E-state index in [0.29, 0.717) is 34.9 Å². The molecule has 0 radical (unpaired) electrons. The van der Waals surface area contributed by atoms with E-state index >= 15 is 0 Å². The van der Waals surface area contributed by atoms with Crippen molar-refractivity contribution in [2.45, 2.75) is 13.0 Å². The third-order valence-electron chi connectivity index (χ3n) is 5.86. The van der Waals surface area contributed by atoms with Gasteiger partial charge in [-0.1, -0.05) is 18.2 Å². The van der Waals surface area contributed by atoms with E-state index in [4.69, 9.17) is 14.2 Å². The number of aliphatic hydroxyl groups is 1. The molecule has 36 heavy (non-hydrogen) atoms. The summed E-state index contributed by atoms with van der Waals surface area (Å²) in [5.74, 6) is -1.36. The van der Waals surface area contributed by atoms with E-state index in [1.807, 2.05) is 6.92 Å². The van der Waals surface area contributed by atoms with Crippen LogP contribution in [0.15, 0.2) is 78.4 Å². The zero-order chi connectivity index (χ0) is 25.8. The Morgan fingerprint density at radius 1 is 0.917 bits per heavy atom. The van der Waals surface area contributed by atoms with Gasteiger partial charge in [0.25, 0.3) is 11.7 Å². The number of hydrogen-bond donors (Lipinski definition) is 1. The molecule has 1 aliphatic heterocycles. The van der Waals surface area contributed by atoms with Gasteiger partial charge < -0.3 is 19.3 Å². The Kier molecular flexibility index (Phi) is 7.05. The smallest absolute Gasteiger partial charge is 0.337 e. The first kappa shape index (κ1) is 24.5. The zero-order valence-corrected chi connectivity index (χ0v) is 20.1. The van der Waals surface area contributed by atoms with Gasteiger partial charge in [0.2, 0.25) is 0 Å². The summed E-state index contributed by atoms with van der Waals surface area (Å²) in [7, 11) is 2.79. The molecular weight excluding hydrogens is 462 g/mol. The molecule has 3 aromatic rings. The van der Waals surface area contributed by atoms with Crippen LogP contribution < -0.4 is 14.4 Å². The quantitative estimate of drug-likeness (QED) is 0.226. The van der Waals surface area contributed by atoms with Crippen LogP contribution in [0.25, 0.3) is 5.76 Å². The standard InChI is InChI=1S/C28H25NO7/c1-4-36-22-14-10-18(11-15-22)25(30)23-24(17-8-12-21(34-2)13-9-17)29(27(32)26(23)31)20-7-5-6-19(16-20)28(33)35-3/h5-16,24,30H,4H2,1-3H3/b25-23+. The first-order chi connectivity index (χ1) is 17.4. The fourth-order valence-corrected chi connectivity index (χ4v) is 4.13. The molecule has 0 spiro atoms. The molecule has 1 amide bonds. The van der Waals surface area contributed by atoms with Crippen LogP contribution in [0.2, 0.25) is 0 Å². The van der Waals surface area contributed by atoms with Crippen LogP contribution in [-0.2, 0) is 14.3 Å². The molecule has 1 unspecified atom stereocenters. The molecule has 8 heteroatoms. The summed E-state index contributed by atoms with van der Waals surface area (Å²) < 4.78 is 15.5. The highest BCUT2D eigenvalue weighted by molar-refractivity contribution is 6.51. The number of rotatable bonds is 7. The zero-order valence-electron chi connectivity index (χ0n) is 20.1. The van der Waals surface area contributed by atoms with Crippen molar-refractivity contribution in [3.05, 3.63) is 95.1 Å². The van der Waals surface area contributed by atoms with Crippen LogP contribution >= 0.6 is 0 Å². The Labute approximate surface area is 208 Å². The number of amides is 1. The fourth-order valence-electron chi connectivity index (χ4n) is 4.13. The number of hydrogen-bond acceptors (Lipinski definition) is 7. The van der Waals surface area contributed by atoms with E-state index in [0.717, 1.165) is 0 Å². The minimum Gasteiger partial charge on any atom is -0.507 e. The summed E-state index contributed by atoms with van der Waals surface area (Å²) in [6.07, 6.45) is 0. The van der Waals surface area contributed by atoms with Crippen LogP contribution in [0.5, 0.6) is 11.5 Å². The lowest BCUT2D eigenvalue weighted by molar-refractivity contribution is -0.132. The molecule has 1 heterocycles. The lowest BCUT2D eigenvalue weighted by Crippen LogP contribution is -2.29. The number of aliphatic hydroxyl groups excluding tert-OH is 1. The predicted molar refractivity (Wildman–Crippen MR) is 133 cm³/mol. The molecule has 1 aliphatic rings. The van der Waals surface area contributed by atoms with Gasteiger partial charge in [-0.2, -0.15) is 0 Å². The van der Waals surface area contributed by atoms with Gasteiger partial charge in [0.1, 0.15) is 17.3 Å². The monoisotopic (exact) mass is 487 g/mol. The topological polar surface area (TPSA) is 102 Å². The number of carbonyl (C=O) groups excluding carboxylic acids is 3. The minimum atomic E-state index is -0.949. The van der Waals surface area contributed by atoms with Crippen molar-refractivity contribution in [2.75, 3.05) is 25.7 Å². The normalized spacial score (nSPS) is 16.6. The maximum Gasteiger partial charge on any atom is 0.337 e. The average Bonchev–Trinajstić information content (AvgIpc) is 3.18. The number of ether oxygens (including phenoxy) is 3. The second-order valence-electron chi connectivity index (χ2n) is 7.94. The SMILES string of the molecule is CCOc1ccc(/C(O)=C2\C(=O)C(=O)N(c3cccc(C(=O)OC)c3)C2c2ccc(OC)cc2)cc1. The van der Waals surface area contributed by atoms with E-state index in [2.05, 4.69) is 0 Å². The third kappa shape index (κ3) is 4.53. The van der Waals surface area contributed by atoms with Gasteiger partial charge >= 0.3 is 5.97 Å². The lowest BCUT2D eigenvalue weighted by Gasteiger charge is -2.26. The number of benzene rings is 3. The van der Waals surface area contributed by atoms with Gasteiger partial charge in [-0.25, -0.2) is 4.79 Å². The molecule has 0 bridgehead atoms. The van der Waals surface area contributed by atoms with E-state index in [1.54, 1.807) is 66.7 Å². The molecule has 1 fully saturated rings. The maximum atomic E-state index is 13.3. The lowest BCUT2D eigenvalue weighted by atomic mass is 9.95. The predicted octanol–water partition coefficient (Wildman–Crippen LogP) is 4.51. The Morgan fingerprint density at radius 2 is 1.58 bits per heavy atom. The molecule has 0 saturated carbocycles. The number of anilines is 1. The molecule has 4 rings (SSSR count). The summed E-state index contributed by atoms with van der Waals surface area (Å²) in [5, 5.41) is 11.2. The fraction of sp³-hybridized carbons (Fsp3) is 0.179. The molecule has 0 aromatic heterocycles. The number of esters is 1. The highest BCUT2D eigenvalue weighted by atomic mass is 16.5. The van der Waals surface area contributed by atoms with Crippen molar-refractivity contribution in [1.29, 1.82) is 0 Å². The molecule has 1 atom stereocenters. The first-order valence-electron chi connectivity index (χ1n) is 11.3. The van der Waals surface area contributed by atoms with Crippen molar-refractivity contribution in [3.8, 4) is 11.5 Å². The van der Waals surface area contributed by atoms with Crippen molar-refractivity contribution in [1.82, 2.24) is 0 Å². The highest BCUT2D eigenvalue weighted by Gasteiger charge is 2.47. The molecule has 184 valence electrons. The van der Waals surface area contributed by atoms with E-state index in [-0.39, 0.29) is 16.9 Å². The van der Waals surface area contributed by atoms with Crippen molar-refractivity contribution in [3.63, 3.8) is 0 Å². The second kappa shape index (κ2) is 10.4. The molecule has 0 aliphatic carbocycles. The Morgan fingerprint density at radius 3 is 2.19 bits per heavy atom. The van der Waals surface area contributed by atoms with Gasteiger partial charge in [-0.05, 0) is 67.1 Å². The Hall–Kier alpha value is -4.59. The van der Waals surface area contributed by atoms with Crippen molar-refractivity contribution >= 4 is 29.1 Å². The number of carbonyl (C=O) groups is 3. The number of methoxy groups -OCH3 is 2. The van der Waals surface area contributed by atoms with Crippen LogP contribution in [0.4, 0.5) is 5.69 Å². The summed E-state index contributed by atoms with van der Waals surface area (Å²) in [6, 6.07) is 18.7. The average molecular weight is 488 g/mol. The molecule has 3 aromatic carbocycles. The Bertz CT molecular complexity index is 1330. The Balaban J connectivity index is 1.89. The summed E-state index contributed by atoms with van der Waals surface area (Å²) in [6.45, 7) is 2.35. The van der Waals surface area contributed by atoms with E-state index in [1.165, 1.54) is 25.2 Å². The number of Topliss-reactive ketones (excluding diaryl/α,β-unsaturated/α-hetero) is 1. The van der Waals surface area contributed by atoms with Gasteiger partial charge in [-0.3, -0.25) is 14.5 Å². The summed E-state index contributed by atoms with van der Waals surface area (Å²) in [4.78, 5) is 40.0. The second-order valence-corrected chi connectivity index (χ2v) is 7.94. The largest absolute Gasteiger partial charge is 0.507 e. The third-order valence-corrected chi connectivity index (χ3v) is 5.86. The first-order valence-corrected chi connectivity index (χ1v) is 11.3. The van der Waals surface area contributed by atoms with Crippen molar-refractivity contribution in [2.24, 2.45) is 0 Å². The summed E-state index contributed by atoms with van der Waals surface area (Å²) in [5.41, 5.74) is 1.39.